The van der Waals surface area contributed by atoms with Crippen molar-refractivity contribution in [2.75, 3.05) is 18.0 Å². The first-order valence-electron chi connectivity index (χ1n) is 4.50. The molecule has 0 spiro atoms. The van der Waals surface area contributed by atoms with Crippen molar-refractivity contribution < 1.29 is 23.1 Å². The number of para-hydroxylation sites is 1. The average Bonchev–Trinajstić information content (AvgIpc) is 2.15. The second kappa shape index (κ2) is 3.88. The predicted molar refractivity (Wildman–Crippen MR) is 49.7 cm³/mol. The van der Waals surface area contributed by atoms with Crippen LogP contribution in [0.5, 0.6) is 0 Å². The van der Waals surface area contributed by atoms with Gasteiger partial charge in [-0.2, -0.15) is 0 Å². The third-order valence-corrected chi connectivity index (χ3v) is 2.12. The molecule has 84 valence electrons. The van der Waals surface area contributed by atoms with Gasteiger partial charge in [-0.1, -0.05) is 6.07 Å². The fourth-order valence-electron chi connectivity index (χ4n) is 1.51. The number of carbonyl (C=O) groups excluding carboxylic acids is 2. The van der Waals surface area contributed by atoms with Gasteiger partial charge in [0, 0.05) is 0 Å². The fraction of sp³-hybridized carbons (Fsp3) is 0.200. The summed E-state index contributed by atoms with van der Waals surface area (Å²) >= 11 is 0. The molecule has 16 heavy (non-hydrogen) atoms. The first-order chi connectivity index (χ1) is 7.58. The van der Waals surface area contributed by atoms with Crippen LogP contribution in [0.3, 0.4) is 0 Å². The van der Waals surface area contributed by atoms with E-state index >= 15 is 0 Å². The molecule has 6 heteroatoms. The van der Waals surface area contributed by atoms with E-state index in [-0.39, 0.29) is 18.8 Å². The molecule has 0 unspecified atom stereocenters. The molecule has 0 N–H and O–H groups in total. The Balaban J connectivity index is 2.36. The Labute approximate surface area is 89.4 Å². The van der Waals surface area contributed by atoms with Gasteiger partial charge >= 0.3 is 11.9 Å². The molecule has 0 atom stereocenters. The van der Waals surface area contributed by atoms with Gasteiger partial charge in [-0.05, 0) is 12.1 Å². The van der Waals surface area contributed by atoms with Crippen LogP contribution in [0.15, 0.2) is 18.2 Å². The summed E-state index contributed by atoms with van der Waals surface area (Å²) in [6.45, 7) is -0.687. The van der Waals surface area contributed by atoms with Crippen LogP contribution < -0.4 is 4.90 Å². The first-order valence-corrected chi connectivity index (χ1v) is 4.50. The van der Waals surface area contributed by atoms with Crippen molar-refractivity contribution in [1.29, 1.82) is 0 Å². The van der Waals surface area contributed by atoms with E-state index in [0.29, 0.717) is 0 Å². The van der Waals surface area contributed by atoms with Gasteiger partial charge in [0.15, 0.2) is 0 Å². The summed E-state index contributed by atoms with van der Waals surface area (Å²) in [6.07, 6.45) is 0. The number of hydrogen-bond acceptors (Lipinski definition) is 4. The maximum atomic E-state index is 13.3. The average molecular weight is 227 g/mol. The number of carbonyl (C=O) groups is 2. The van der Waals surface area contributed by atoms with Crippen molar-refractivity contribution in [2.45, 2.75) is 0 Å². The molecule has 1 aromatic carbocycles. The summed E-state index contributed by atoms with van der Waals surface area (Å²) in [6, 6.07) is 3.32. The summed E-state index contributed by atoms with van der Waals surface area (Å²) in [5.74, 6) is -3.28. The maximum absolute atomic E-state index is 13.3. The molecule has 0 aliphatic carbocycles. The van der Waals surface area contributed by atoms with Crippen LogP contribution >= 0.6 is 0 Å². The van der Waals surface area contributed by atoms with E-state index in [0.717, 1.165) is 17.0 Å². The van der Waals surface area contributed by atoms with Crippen molar-refractivity contribution in [2.24, 2.45) is 0 Å². The molecule has 1 heterocycles. The minimum Gasteiger partial charge on any atom is -0.390 e. The van der Waals surface area contributed by atoms with E-state index in [1.165, 1.54) is 6.07 Å². The zero-order valence-electron chi connectivity index (χ0n) is 8.07. The molecule has 1 aromatic rings. The van der Waals surface area contributed by atoms with Crippen molar-refractivity contribution in [1.82, 2.24) is 0 Å². The predicted octanol–water partition coefficient (Wildman–Crippen LogP) is 0.855. The zero-order valence-corrected chi connectivity index (χ0v) is 8.07. The second-order valence-electron chi connectivity index (χ2n) is 3.27. The van der Waals surface area contributed by atoms with E-state index in [1.54, 1.807) is 0 Å². The van der Waals surface area contributed by atoms with Crippen LogP contribution in [-0.4, -0.2) is 25.0 Å². The number of hydrogen-bond donors (Lipinski definition) is 0. The number of rotatable bonds is 1. The molecular weight excluding hydrogens is 220 g/mol. The number of ether oxygens (including phenoxy) is 1. The van der Waals surface area contributed by atoms with E-state index in [4.69, 9.17) is 0 Å². The van der Waals surface area contributed by atoms with Crippen molar-refractivity contribution in [3.05, 3.63) is 29.8 Å². The van der Waals surface area contributed by atoms with Gasteiger partial charge in [0.05, 0.1) is 0 Å². The highest BCUT2D eigenvalue weighted by atomic mass is 19.1. The number of benzene rings is 1. The van der Waals surface area contributed by atoms with Crippen molar-refractivity contribution >= 4 is 17.6 Å². The van der Waals surface area contributed by atoms with Gasteiger partial charge < -0.3 is 9.64 Å². The number of cyclic esters (lactones) is 2. The lowest BCUT2D eigenvalue weighted by Crippen LogP contribution is -2.43. The van der Waals surface area contributed by atoms with E-state index in [2.05, 4.69) is 4.74 Å². The number of esters is 2. The molecule has 1 fully saturated rings. The SMILES string of the molecule is O=C1CN(c2c(F)cccc2F)CC(=O)O1. The summed E-state index contributed by atoms with van der Waals surface area (Å²) < 4.78 is 30.9. The quantitative estimate of drug-likeness (QED) is 0.527. The summed E-state index contributed by atoms with van der Waals surface area (Å²) in [5, 5.41) is 0. The normalized spacial score (nSPS) is 16.2. The number of nitrogens with zero attached hydrogens (tertiary/aromatic N) is 1. The van der Waals surface area contributed by atoms with Gasteiger partial charge in [0.2, 0.25) is 0 Å². The standard InChI is InChI=1S/C10H7F2NO3/c11-6-2-1-3-7(12)10(6)13-4-8(14)16-9(15)5-13/h1-3H,4-5H2. The summed E-state index contributed by atoms with van der Waals surface area (Å²) in [7, 11) is 0. The molecular formula is C10H7F2NO3. The van der Waals surface area contributed by atoms with E-state index < -0.39 is 23.6 Å². The van der Waals surface area contributed by atoms with E-state index in [1.807, 2.05) is 0 Å². The van der Waals surface area contributed by atoms with Crippen LogP contribution in [0, 0.1) is 11.6 Å². The maximum Gasteiger partial charge on any atom is 0.333 e. The van der Waals surface area contributed by atoms with Crippen molar-refractivity contribution in [3.8, 4) is 0 Å². The Kier molecular flexibility index (Phi) is 2.55. The zero-order chi connectivity index (χ0) is 11.7. The molecule has 4 nitrogen and oxygen atoms in total. The summed E-state index contributed by atoms with van der Waals surface area (Å²) in [5.41, 5.74) is -0.382. The lowest BCUT2D eigenvalue weighted by molar-refractivity contribution is -0.160. The van der Waals surface area contributed by atoms with Gasteiger partial charge in [-0.3, -0.25) is 0 Å². The van der Waals surface area contributed by atoms with Gasteiger partial charge in [-0.25, -0.2) is 18.4 Å². The van der Waals surface area contributed by atoms with Gasteiger partial charge in [0.25, 0.3) is 0 Å². The fourth-order valence-corrected chi connectivity index (χ4v) is 1.51. The molecule has 0 radical (unpaired) electrons. The van der Waals surface area contributed by atoms with Gasteiger partial charge in [-0.15, -0.1) is 0 Å². The minimum absolute atomic E-state index is 0.344. The van der Waals surface area contributed by atoms with Crippen molar-refractivity contribution in [3.63, 3.8) is 0 Å². The number of halogens is 2. The second-order valence-corrected chi connectivity index (χ2v) is 3.27. The van der Waals surface area contributed by atoms with Crippen LogP contribution in [0.25, 0.3) is 0 Å². The number of morpholine rings is 1. The minimum atomic E-state index is -0.820. The molecule has 1 aliphatic heterocycles. The van der Waals surface area contributed by atoms with Crippen LogP contribution in [0.2, 0.25) is 0 Å². The highest BCUT2D eigenvalue weighted by Crippen LogP contribution is 2.24. The highest BCUT2D eigenvalue weighted by molar-refractivity contribution is 5.94. The van der Waals surface area contributed by atoms with Crippen LogP contribution in [0.4, 0.5) is 14.5 Å². The van der Waals surface area contributed by atoms with Crippen LogP contribution in [0.1, 0.15) is 0 Å². The molecule has 0 amide bonds. The van der Waals surface area contributed by atoms with Gasteiger partial charge in [0.1, 0.15) is 30.4 Å². The highest BCUT2D eigenvalue weighted by Gasteiger charge is 2.28. The lowest BCUT2D eigenvalue weighted by atomic mass is 10.2. The lowest BCUT2D eigenvalue weighted by Gasteiger charge is -2.26. The van der Waals surface area contributed by atoms with E-state index in [9.17, 15) is 18.4 Å². The Morgan fingerprint density at radius 3 is 2.06 bits per heavy atom. The Hall–Kier alpha value is -1.98. The van der Waals surface area contributed by atoms with Crippen LogP contribution in [-0.2, 0) is 14.3 Å². The topological polar surface area (TPSA) is 46.6 Å². The third kappa shape index (κ3) is 1.86. The molecule has 0 aromatic heterocycles. The molecule has 0 bridgehead atoms. The molecule has 0 saturated carbocycles. The molecule has 1 aliphatic rings. The third-order valence-electron chi connectivity index (χ3n) is 2.12. The Bertz CT molecular complexity index is 425. The monoisotopic (exact) mass is 227 g/mol. The molecule has 2 rings (SSSR count). The Morgan fingerprint density at radius 1 is 1.06 bits per heavy atom. The smallest absolute Gasteiger partial charge is 0.333 e. The summed E-state index contributed by atoms with van der Waals surface area (Å²) in [4.78, 5) is 22.9. The Morgan fingerprint density at radius 2 is 1.56 bits per heavy atom. The largest absolute Gasteiger partial charge is 0.390 e. The first kappa shape index (κ1) is 10.5. The number of anilines is 1. The molecule has 1 saturated heterocycles.